The average Bonchev–Trinajstić information content (AvgIpc) is 1.79. The maximum atomic E-state index is 10.5. The molecule has 0 aromatic heterocycles. The van der Waals surface area contributed by atoms with Crippen LogP contribution in [0.25, 0.3) is 0 Å². The van der Waals surface area contributed by atoms with E-state index < -0.39 is 0 Å². The topological polar surface area (TPSA) is 17.1 Å². The molecule has 0 saturated heterocycles. The fourth-order valence-electron chi connectivity index (χ4n) is 0.535. The Morgan fingerprint density at radius 2 is 2.10 bits per heavy atom. The highest BCUT2D eigenvalue weighted by molar-refractivity contribution is 7.99. The van der Waals surface area contributed by atoms with Crippen LogP contribution in [0.3, 0.4) is 0 Å². The van der Waals surface area contributed by atoms with Crippen molar-refractivity contribution in [1.29, 1.82) is 0 Å². The van der Waals surface area contributed by atoms with Crippen LogP contribution in [0.2, 0.25) is 0 Å². The van der Waals surface area contributed by atoms with Crippen molar-refractivity contribution in [1.82, 2.24) is 0 Å². The second-order valence-electron chi connectivity index (χ2n) is 2.94. The second-order valence-corrected chi connectivity index (χ2v) is 4.04. The lowest BCUT2D eigenvalue weighted by molar-refractivity contribution is -0.114. The summed E-state index contributed by atoms with van der Waals surface area (Å²) in [4.78, 5) is 10.5. The molecular weight excluding hydrogens is 144 g/mol. The van der Waals surface area contributed by atoms with Crippen molar-refractivity contribution in [3.8, 4) is 0 Å². The lowest BCUT2D eigenvalue weighted by Crippen LogP contribution is -1.96. The molecule has 0 aromatic rings. The number of carbonyl (C=O) groups is 1. The first-order chi connectivity index (χ1) is 4.63. The Morgan fingerprint density at radius 3 is 2.50 bits per heavy atom. The number of ketones is 1. The zero-order valence-electron chi connectivity index (χ0n) is 7.02. The van der Waals surface area contributed by atoms with Gasteiger partial charge in [-0.2, -0.15) is 11.8 Å². The van der Waals surface area contributed by atoms with Crippen LogP contribution in [0.15, 0.2) is 0 Å². The highest BCUT2D eigenvalue weighted by Crippen LogP contribution is 2.07. The summed E-state index contributed by atoms with van der Waals surface area (Å²) in [5.41, 5.74) is 0. The minimum Gasteiger partial charge on any atom is -0.299 e. The van der Waals surface area contributed by atoms with Gasteiger partial charge in [-0.15, -0.1) is 0 Å². The van der Waals surface area contributed by atoms with E-state index in [9.17, 15) is 4.79 Å². The molecule has 1 nitrogen and oxygen atoms in total. The molecular formula is C8H16OS. The van der Waals surface area contributed by atoms with E-state index in [1.807, 2.05) is 0 Å². The molecule has 0 saturated carbocycles. The van der Waals surface area contributed by atoms with Crippen LogP contribution >= 0.6 is 11.8 Å². The number of carbonyl (C=O) groups excluding carboxylic acids is 1. The van der Waals surface area contributed by atoms with Crippen molar-refractivity contribution in [3.05, 3.63) is 0 Å². The molecule has 0 aliphatic carbocycles. The van der Waals surface area contributed by atoms with Gasteiger partial charge in [0.25, 0.3) is 0 Å². The van der Waals surface area contributed by atoms with Crippen molar-refractivity contribution in [3.63, 3.8) is 0 Å². The molecule has 0 unspecified atom stereocenters. The van der Waals surface area contributed by atoms with Crippen molar-refractivity contribution < 1.29 is 4.79 Å². The predicted octanol–water partition coefficient (Wildman–Crippen LogP) is 2.35. The number of hydrogen-bond acceptors (Lipinski definition) is 2. The van der Waals surface area contributed by atoms with E-state index in [4.69, 9.17) is 0 Å². The Hall–Kier alpha value is 0.0200. The number of Topliss-reactive ketones (excluding diaryl/α,β-unsaturated/α-hetero) is 1. The largest absolute Gasteiger partial charge is 0.299 e. The van der Waals surface area contributed by atoms with E-state index in [-0.39, 0.29) is 5.78 Å². The summed E-state index contributed by atoms with van der Waals surface area (Å²) in [5.74, 6) is 2.86. The smallest absolute Gasteiger partial charge is 0.139 e. The third kappa shape index (κ3) is 8.02. The molecule has 0 rings (SSSR count). The van der Waals surface area contributed by atoms with Crippen molar-refractivity contribution in [2.24, 2.45) is 5.92 Å². The molecule has 0 heterocycles. The minimum absolute atomic E-state index is 0.286. The summed E-state index contributed by atoms with van der Waals surface area (Å²) in [6.07, 6.45) is 1.22. The fourth-order valence-corrected chi connectivity index (χ4v) is 1.60. The summed E-state index contributed by atoms with van der Waals surface area (Å²) < 4.78 is 0. The minimum atomic E-state index is 0.286. The summed E-state index contributed by atoms with van der Waals surface area (Å²) in [6.45, 7) is 6.05. The Morgan fingerprint density at radius 1 is 1.50 bits per heavy atom. The maximum absolute atomic E-state index is 10.5. The van der Waals surface area contributed by atoms with Crippen LogP contribution in [0, 0.1) is 5.92 Å². The molecule has 0 radical (unpaired) electrons. The molecule has 0 bridgehead atoms. The van der Waals surface area contributed by atoms with Crippen LogP contribution in [0.1, 0.15) is 27.2 Å². The molecule has 0 atom stereocenters. The quantitative estimate of drug-likeness (QED) is 0.574. The molecule has 0 aliphatic heterocycles. The Kier molecular flexibility index (Phi) is 5.79. The molecule has 60 valence electrons. The lowest BCUT2D eigenvalue weighted by Gasteiger charge is -2.01. The van der Waals surface area contributed by atoms with Gasteiger partial charge in [-0.1, -0.05) is 13.8 Å². The zero-order valence-corrected chi connectivity index (χ0v) is 7.83. The molecule has 0 spiro atoms. The first-order valence-electron chi connectivity index (χ1n) is 3.70. The van der Waals surface area contributed by atoms with Crippen LogP contribution in [-0.4, -0.2) is 17.3 Å². The Balaban J connectivity index is 2.98. The predicted molar refractivity (Wildman–Crippen MR) is 47.5 cm³/mol. The molecule has 2 heteroatoms. The van der Waals surface area contributed by atoms with E-state index >= 15 is 0 Å². The van der Waals surface area contributed by atoms with Gasteiger partial charge >= 0.3 is 0 Å². The highest BCUT2D eigenvalue weighted by atomic mass is 32.2. The fraction of sp³-hybridized carbons (Fsp3) is 0.875. The van der Waals surface area contributed by atoms with Gasteiger partial charge in [-0.3, -0.25) is 4.79 Å². The second kappa shape index (κ2) is 5.78. The van der Waals surface area contributed by atoms with Gasteiger partial charge in [0.1, 0.15) is 5.78 Å². The summed E-state index contributed by atoms with van der Waals surface area (Å²) in [7, 11) is 0. The Labute approximate surface area is 67.6 Å². The van der Waals surface area contributed by atoms with E-state index in [1.165, 1.54) is 6.42 Å². The van der Waals surface area contributed by atoms with E-state index in [2.05, 4.69) is 13.8 Å². The summed E-state index contributed by atoms with van der Waals surface area (Å²) in [6, 6.07) is 0. The van der Waals surface area contributed by atoms with Crippen LogP contribution in [-0.2, 0) is 4.79 Å². The monoisotopic (exact) mass is 160 g/mol. The van der Waals surface area contributed by atoms with E-state index in [0.717, 1.165) is 11.7 Å². The van der Waals surface area contributed by atoms with E-state index in [1.54, 1.807) is 18.7 Å². The first-order valence-corrected chi connectivity index (χ1v) is 4.85. The van der Waals surface area contributed by atoms with Crippen LogP contribution < -0.4 is 0 Å². The number of rotatable bonds is 5. The molecule has 0 aliphatic rings. The van der Waals surface area contributed by atoms with Gasteiger partial charge < -0.3 is 0 Å². The average molecular weight is 160 g/mol. The normalized spacial score (nSPS) is 10.4. The molecule has 0 amide bonds. The molecule has 10 heavy (non-hydrogen) atoms. The number of hydrogen-bond donors (Lipinski definition) is 0. The SMILES string of the molecule is CC(=O)CSCCC(C)C. The van der Waals surface area contributed by atoms with Gasteiger partial charge in [0.05, 0.1) is 5.75 Å². The van der Waals surface area contributed by atoms with Crippen LogP contribution in [0.5, 0.6) is 0 Å². The van der Waals surface area contributed by atoms with Crippen molar-refractivity contribution >= 4 is 17.5 Å². The number of thioether (sulfide) groups is 1. The van der Waals surface area contributed by atoms with Crippen molar-refractivity contribution in [2.45, 2.75) is 27.2 Å². The highest BCUT2D eigenvalue weighted by Gasteiger charge is 1.95. The third-order valence-electron chi connectivity index (χ3n) is 1.14. The standard InChI is InChI=1S/C8H16OS/c1-7(2)4-5-10-6-8(3)9/h7H,4-6H2,1-3H3. The maximum Gasteiger partial charge on any atom is 0.139 e. The van der Waals surface area contributed by atoms with Gasteiger partial charge in [-0.05, 0) is 25.0 Å². The third-order valence-corrected chi connectivity index (χ3v) is 2.28. The molecule has 0 N–H and O–H groups in total. The molecule has 0 aromatic carbocycles. The first kappa shape index (κ1) is 10.0. The van der Waals surface area contributed by atoms with Gasteiger partial charge in [0.15, 0.2) is 0 Å². The van der Waals surface area contributed by atoms with Gasteiger partial charge in [0.2, 0.25) is 0 Å². The summed E-state index contributed by atoms with van der Waals surface area (Å²) >= 11 is 1.74. The zero-order chi connectivity index (χ0) is 7.98. The van der Waals surface area contributed by atoms with E-state index in [0.29, 0.717) is 5.75 Å². The lowest BCUT2D eigenvalue weighted by atomic mass is 10.2. The van der Waals surface area contributed by atoms with Gasteiger partial charge in [0, 0.05) is 0 Å². The Bertz CT molecular complexity index is 99.4. The van der Waals surface area contributed by atoms with Gasteiger partial charge in [-0.25, -0.2) is 0 Å². The summed E-state index contributed by atoms with van der Waals surface area (Å²) in [5, 5.41) is 0. The van der Waals surface area contributed by atoms with Crippen molar-refractivity contribution in [2.75, 3.05) is 11.5 Å². The molecule has 0 fully saturated rings. The van der Waals surface area contributed by atoms with Crippen LogP contribution in [0.4, 0.5) is 0 Å².